The highest BCUT2D eigenvalue weighted by Gasteiger charge is 2.23. The Morgan fingerprint density at radius 1 is 1.14 bits per heavy atom. The molecule has 0 aliphatic heterocycles. The van der Waals surface area contributed by atoms with Gasteiger partial charge in [-0.3, -0.25) is 0 Å². The smallest absolute Gasteiger partial charge is 0.336 e. The number of allylic oxidation sites excluding steroid dienone is 1. The Labute approximate surface area is 131 Å². The molecule has 0 saturated heterocycles. The summed E-state index contributed by atoms with van der Waals surface area (Å²) in [5.74, 6) is -2.55. The van der Waals surface area contributed by atoms with E-state index in [-0.39, 0.29) is 17.0 Å². The molecule has 1 atom stereocenters. The van der Waals surface area contributed by atoms with Crippen LogP contribution < -0.4 is 0 Å². The van der Waals surface area contributed by atoms with E-state index in [4.69, 9.17) is 0 Å². The van der Waals surface area contributed by atoms with Crippen molar-refractivity contribution in [1.82, 2.24) is 0 Å². The van der Waals surface area contributed by atoms with Crippen LogP contribution in [-0.2, 0) is 0 Å². The number of aromatic carboxylic acids is 2. The van der Waals surface area contributed by atoms with Crippen LogP contribution in [0.2, 0.25) is 0 Å². The number of unbranched alkanes of at least 4 members (excludes halogenated alkanes) is 4. The molecule has 0 radical (unpaired) electrons. The second-order valence-electron chi connectivity index (χ2n) is 5.43. The Bertz CT molecular complexity index is 534. The molecule has 0 aromatic heterocycles. The number of hydrogen-bond donors (Lipinski definition) is 2. The molecule has 120 valence electrons. The molecule has 0 spiro atoms. The summed E-state index contributed by atoms with van der Waals surface area (Å²) in [6, 6.07) is 4.61. The van der Waals surface area contributed by atoms with E-state index in [0.29, 0.717) is 5.56 Å². The fourth-order valence-corrected chi connectivity index (χ4v) is 2.66. The monoisotopic (exact) mass is 304 g/mol. The van der Waals surface area contributed by atoms with Crippen LogP contribution in [0.3, 0.4) is 0 Å². The van der Waals surface area contributed by atoms with E-state index in [2.05, 4.69) is 13.5 Å². The normalized spacial score (nSPS) is 11.9. The molecule has 1 aromatic carbocycles. The molecular weight excluding hydrogens is 280 g/mol. The van der Waals surface area contributed by atoms with Crippen LogP contribution in [0.1, 0.15) is 77.6 Å². The van der Waals surface area contributed by atoms with Crippen LogP contribution in [0.4, 0.5) is 0 Å². The van der Waals surface area contributed by atoms with E-state index in [0.717, 1.165) is 19.3 Å². The highest BCUT2D eigenvalue weighted by atomic mass is 16.4. The van der Waals surface area contributed by atoms with E-state index in [1.54, 1.807) is 18.2 Å². The summed E-state index contributed by atoms with van der Waals surface area (Å²) in [7, 11) is 0. The molecular formula is C18H24O4. The number of rotatable bonds is 10. The van der Waals surface area contributed by atoms with Gasteiger partial charge in [-0.15, -0.1) is 6.58 Å². The van der Waals surface area contributed by atoms with Crippen molar-refractivity contribution in [3.8, 4) is 0 Å². The van der Waals surface area contributed by atoms with Crippen LogP contribution in [0.5, 0.6) is 0 Å². The minimum absolute atomic E-state index is 0.117. The van der Waals surface area contributed by atoms with Gasteiger partial charge in [-0.1, -0.05) is 57.2 Å². The van der Waals surface area contributed by atoms with Crippen LogP contribution >= 0.6 is 0 Å². The molecule has 0 heterocycles. The van der Waals surface area contributed by atoms with E-state index in [9.17, 15) is 19.8 Å². The van der Waals surface area contributed by atoms with Crippen LogP contribution in [0.15, 0.2) is 30.9 Å². The van der Waals surface area contributed by atoms with Crippen molar-refractivity contribution in [1.29, 1.82) is 0 Å². The number of carboxylic acids is 2. The topological polar surface area (TPSA) is 74.6 Å². The Hall–Kier alpha value is -2.10. The van der Waals surface area contributed by atoms with Crippen LogP contribution in [0.25, 0.3) is 0 Å². The van der Waals surface area contributed by atoms with Gasteiger partial charge >= 0.3 is 11.9 Å². The molecule has 2 N–H and O–H groups in total. The molecule has 0 aliphatic carbocycles. The van der Waals surface area contributed by atoms with Crippen molar-refractivity contribution >= 4 is 11.9 Å². The summed E-state index contributed by atoms with van der Waals surface area (Å²) in [6.45, 7) is 5.94. The molecule has 1 unspecified atom stereocenters. The first-order chi connectivity index (χ1) is 10.5. The zero-order chi connectivity index (χ0) is 16.5. The van der Waals surface area contributed by atoms with Crippen molar-refractivity contribution in [3.05, 3.63) is 47.5 Å². The van der Waals surface area contributed by atoms with Gasteiger partial charge in [0.05, 0.1) is 11.1 Å². The molecule has 22 heavy (non-hydrogen) atoms. The molecule has 0 fully saturated rings. The van der Waals surface area contributed by atoms with Crippen molar-refractivity contribution < 1.29 is 19.8 Å². The summed E-state index contributed by atoms with van der Waals surface area (Å²) in [5, 5.41) is 18.6. The Kier molecular flexibility index (Phi) is 7.37. The van der Waals surface area contributed by atoms with Gasteiger partial charge in [0.2, 0.25) is 0 Å². The fraction of sp³-hybridized carbons (Fsp3) is 0.444. The van der Waals surface area contributed by atoms with Gasteiger partial charge in [0.15, 0.2) is 0 Å². The maximum absolute atomic E-state index is 11.5. The average molecular weight is 304 g/mol. The van der Waals surface area contributed by atoms with E-state index in [1.807, 2.05) is 0 Å². The van der Waals surface area contributed by atoms with Gasteiger partial charge in [-0.05, 0) is 18.1 Å². The lowest BCUT2D eigenvalue weighted by Crippen LogP contribution is -2.13. The third-order valence-electron chi connectivity index (χ3n) is 3.84. The molecule has 1 rings (SSSR count). The first-order valence-electron chi connectivity index (χ1n) is 7.75. The van der Waals surface area contributed by atoms with Gasteiger partial charge < -0.3 is 10.2 Å². The Morgan fingerprint density at radius 2 is 1.82 bits per heavy atom. The van der Waals surface area contributed by atoms with E-state index in [1.165, 1.54) is 25.3 Å². The second kappa shape index (κ2) is 9.03. The molecule has 1 aromatic rings. The predicted octanol–water partition coefficient (Wildman–Crippen LogP) is 4.71. The number of carbonyl (C=O) groups is 2. The highest BCUT2D eigenvalue weighted by Crippen LogP contribution is 2.29. The summed E-state index contributed by atoms with van der Waals surface area (Å²) in [6.07, 6.45) is 8.12. The lowest BCUT2D eigenvalue weighted by atomic mass is 9.87. The Balaban J connectivity index is 2.96. The third-order valence-corrected chi connectivity index (χ3v) is 3.84. The molecule has 4 nitrogen and oxygen atoms in total. The third kappa shape index (κ3) is 4.72. The maximum Gasteiger partial charge on any atom is 0.336 e. The van der Waals surface area contributed by atoms with E-state index < -0.39 is 11.9 Å². The predicted molar refractivity (Wildman–Crippen MR) is 86.7 cm³/mol. The molecule has 0 amide bonds. The highest BCUT2D eigenvalue weighted by molar-refractivity contribution is 6.02. The summed E-state index contributed by atoms with van der Waals surface area (Å²) >= 11 is 0. The van der Waals surface area contributed by atoms with Gasteiger partial charge in [0, 0.05) is 5.92 Å². The lowest BCUT2D eigenvalue weighted by Gasteiger charge is -2.17. The zero-order valence-electron chi connectivity index (χ0n) is 13.0. The van der Waals surface area contributed by atoms with Gasteiger partial charge in [0.25, 0.3) is 0 Å². The van der Waals surface area contributed by atoms with Crippen LogP contribution in [0, 0.1) is 0 Å². The molecule has 4 heteroatoms. The van der Waals surface area contributed by atoms with Crippen molar-refractivity contribution in [2.45, 2.75) is 51.4 Å². The van der Waals surface area contributed by atoms with Crippen LogP contribution in [-0.4, -0.2) is 22.2 Å². The Morgan fingerprint density at radius 3 is 2.36 bits per heavy atom. The number of hydrogen-bond acceptors (Lipinski definition) is 2. The first kappa shape index (κ1) is 18.0. The second-order valence-corrected chi connectivity index (χ2v) is 5.43. The van der Waals surface area contributed by atoms with Crippen molar-refractivity contribution in [2.75, 3.05) is 0 Å². The quantitative estimate of drug-likeness (QED) is 0.485. The zero-order valence-corrected chi connectivity index (χ0v) is 13.0. The minimum Gasteiger partial charge on any atom is -0.478 e. The number of carboxylic acid groups (broad SMARTS) is 2. The summed E-state index contributed by atoms with van der Waals surface area (Å²) < 4.78 is 0. The standard InChI is InChI=1S/C18H24O4/c1-3-5-6-7-8-10-13(4-2)14-11-9-12-15(17(19)20)16(14)18(21)22/h4,9,11-13H,2-3,5-8,10H2,1H3,(H,19,20)(H,21,22). The average Bonchev–Trinajstić information content (AvgIpc) is 2.50. The lowest BCUT2D eigenvalue weighted by molar-refractivity contribution is 0.0650. The minimum atomic E-state index is -1.22. The fourth-order valence-electron chi connectivity index (χ4n) is 2.66. The maximum atomic E-state index is 11.5. The summed E-state index contributed by atoms with van der Waals surface area (Å²) in [5.41, 5.74) is 0.259. The van der Waals surface area contributed by atoms with E-state index >= 15 is 0 Å². The number of benzene rings is 1. The molecule has 0 bridgehead atoms. The van der Waals surface area contributed by atoms with Gasteiger partial charge in [-0.25, -0.2) is 9.59 Å². The SMILES string of the molecule is C=CC(CCCCCCC)c1cccc(C(=O)O)c1C(=O)O. The molecule has 0 aliphatic rings. The largest absolute Gasteiger partial charge is 0.478 e. The van der Waals surface area contributed by atoms with Crippen molar-refractivity contribution in [2.24, 2.45) is 0 Å². The van der Waals surface area contributed by atoms with Gasteiger partial charge in [-0.2, -0.15) is 0 Å². The summed E-state index contributed by atoms with van der Waals surface area (Å²) in [4.78, 5) is 22.7. The molecule has 0 saturated carbocycles. The van der Waals surface area contributed by atoms with Gasteiger partial charge in [0.1, 0.15) is 0 Å². The van der Waals surface area contributed by atoms with Crippen molar-refractivity contribution in [3.63, 3.8) is 0 Å². The first-order valence-corrected chi connectivity index (χ1v) is 7.75.